The van der Waals surface area contributed by atoms with Crippen LogP contribution in [0, 0.1) is 0 Å². The van der Waals surface area contributed by atoms with Crippen molar-refractivity contribution in [1.29, 1.82) is 0 Å². The van der Waals surface area contributed by atoms with Crippen molar-refractivity contribution in [3.05, 3.63) is 202 Å². The first kappa shape index (κ1) is 44.0. The fraction of sp³-hybridized carbons (Fsp3) is 0.258. The van der Waals surface area contributed by atoms with E-state index in [2.05, 4.69) is 129 Å². The van der Waals surface area contributed by atoms with Crippen LogP contribution in [0.15, 0.2) is 146 Å². The second-order valence-corrected chi connectivity index (χ2v) is 19.2. The first-order chi connectivity index (χ1) is 35.5. The summed E-state index contributed by atoms with van der Waals surface area (Å²) >= 11 is 0. The molecule has 0 N–H and O–H groups in total. The van der Waals surface area contributed by atoms with Gasteiger partial charge >= 0.3 is 0 Å². The minimum Gasteiger partial charge on any atom is -0.457 e. The molecule has 0 spiro atoms. The molecule has 13 rings (SSSR count). The van der Waals surface area contributed by atoms with E-state index in [9.17, 15) is 0 Å². The van der Waals surface area contributed by atoms with Crippen molar-refractivity contribution in [2.75, 3.05) is 13.6 Å². The predicted octanol–water partition coefficient (Wildman–Crippen LogP) is 14.7. The van der Waals surface area contributed by atoms with Crippen molar-refractivity contribution in [3.8, 4) is 68.2 Å². The molecule has 72 heavy (non-hydrogen) atoms. The van der Waals surface area contributed by atoms with Gasteiger partial charge in [-0.2, -0.15) is 0 Å². The maximum absolute atomic E-state index is 7.27. The molecule has 5 aliphatic rings. The Balaban J connectivity index is 1.08. The van der Waals surface area contributed by atoms with Gasteiger partial charge in [-0.1, -0.05) is 76.2 Å². The van der Waals surface area contributed by atoms with Crippen LogP contribution in [0.25, 0.3) is 22.3 Å². The van der Waals surface area contributed by atoms with Gasteiger partial charge in [0.2, 0.25) is 13.6 Å². The third-order valence-corrected chi connectivity index (χ3v) is 15.4. The number of benzene rings is 6. The Morgan fingerprint density at radius 2 is 0.569 bits per heavy atom. The van der Waals surface area contributed by atoms with E-state index in [0.717, 1.165) is 127 Å². The Morgan fingerprint density at radius 1 is 0.319 bits per heavy atom. The SMILES string of the molecule is CC[C@@H]1c2cc3c4cc2OCOc2cc5c(cc21)[C@H](CC)c1cc2c(cc1O[C@H](c1ccc(-c6ccncc6)cc1)O5)O[C@@H](c1ccc(-c5ccncc5)cc1)Oc1cc(c(cc1[C@@H]2CC)[C@H]3CC)OCO4. The highest BCUT2D eigenvalue weighted by atomic mass is 16.7. The number of hydrogen-bond acceptors (Lipinski definition) is 10. The molecule has 2 aromatic heterocycles. The number of hydrogen-bond donors (Lipinski definition) is 0. The van der Waals surface area contributed by atoms with Crippen molar-refractivity contribution in [3.63, 3.8) is 0 Å². The average Bonchev–Trinajstić information content (AvgIpc) is 3.40. The molecule has 0 radical (unpaired) electrons. The molecule has 0 saturated carbocycles. The molecule has 360 valence electrons. The normalized spacial score (nSPS) is 20.7. The second-order valence-electron chi connectivity index (χ2n) is 19.2. The van der Waals surface area contributed by atoms with Gasteiger partial charge in [-0.25, -0.2) is 0 Å². The van der Waals surface area contributed by atoms with E-state index in [0.29, 0.717) is 23.0 Å². The van der Waals surface area contributed by atoms with Gasteiger partial charge in [-0.05, 0) is 96.5 Å². The van der Waals surface area contributed by atoms with Gasteiger partial charge in [-0.15, -0.1) is 0 Å². The van der Waals surface area contributed by atoms with Gasteiger partial charge in [0.05, 0.1) is 0 Å². The highest BCUT2D eigenvalue weighted by Crippen LogP contribution is 2.56. The number of ether oxygens (including phenoxy) is 8. The van der Waals surface area contributed by atoms with E-state index in [1.54, 1.807) is 0 Å². The summed E-state index contributed by atoms with van der Waals surface area (Å²) in [7, 11) is 0. The molecular weight excluding hydrogens is 901 g/mol. The van der Waals surface area contributed by atoms with E-state index in [4.69, 9.17) is 37.9 Å². The monoisotopic (exact) mass is 954 g/mol. The van der Waals surface area contributed by atoms with Crippen molar-refractivity contribution in [2.45, 2.75) is 89.6 Å². The van der Waals surface area contributed by atoms with E-state index < -0.39 is 12.6 Å². The number of nitrogens with zero attached hydrogens (tertiary/aromatic N) is 2. The Kier molecular flexibility index (Phi) is 11.0. The largest absolute Gasteiger partial charge is 0.457 e. The molecule has 1 aliphatic carbocycles. The van der Waals surface area contributed by atoms with Crippen LogP contribution in [0.5, 0.6) is 46.0 Å². The lowest BCUT2D eigenvalue weighted by molar-refractivity contribution is -0.00661. The fourth-order valence-corrected chi connectivity index (χ4v) is 11.7. The maximum atomic E-state index is 7.27. The Hall–Kier alpha value is -7.98. The molecule has 4 aliphatic heterocycles. The third-order valence-electron chi connectivity index (χ3n) is 15.4. The Bertz CT molecular complexity index is 3130. The molecule has 0 fully saturated rings. The van der Waals surface area contributed by atoms with Crippen molar-refractivity contribution in [2.24, 2.45) is 0 Å². The lowest BCUT2D eigenvalue weighted by atomic mass is 9.77. The summed E-state index contributed by atoms with van der Waals surface area (Å²) in [4.78, 5) is 8.47. The van der Waals surface area contributed by atoms with Crippen LogP contribution in [0.1, 0.15) is 145 Å². The van der Waals surface area contributed by atoms with Gasteiger partial charge in [0.25, 0.3) is 12.6 Å². The number of pyridine rings is 2. The van der Waals surface area contributed by atoms with E-state index in [1.165, 1.54) is 0 Å². The van der Waals surface area contributed by atoms with Crippen LogP contribution >= 0.6 is 0 Å². The molecular formula is C62H54N2O8. The summed E-state index contributed by atoms with van der Waals surface area (Å²) in [5.74, 6) is 5.27. The summed E-state index contributed by atoms with van der Waals surface area (Å²) in [6, 6.07) is 42.4. The van der Waals surface area contributed by atoms with Gasteiger partial charge in [0.1, 0.15) is 46.0 Å². The van der Waals surface area contributed by atoms with E-state index in [1.807, 2.05) is 55.1 Å². The van der Waals surface area contributed by atoms with Crippen molar-refractivity contribution in [1.82, 2.24) is 9.97 Å². The molecule has 0 amide bonds. The molecule has 8 aromatic rings. The Morgan fingerprint density at radius 3 is 0.861 bits per heavy atom. The molecule has 8 bridgehead atoms. The van der Waals surface area contributed by atoms with E-state index in [-0.39, 0.29) is 37.3 Å². The highest BCUT2D eigenvalue weighted by molar-refractivity contribution is 5.67. The summed E-state index contributed by atoms with van der Waals surface area (Å²) < 4.78 is 55.3. The maximum Gasteiger partial charge on any atom is 0.267 e. The van der Waals surface area contributed by atoms with Gasteiger partial charge < -0.3 is 37.9 Å². The zero-order chi connectivity index (χ0) is 48.5. The Labute approximate surface area is 419 Å². The van der Waals surface area contributed by atoms with Crippen LogP contribution in [0.4, 0.5) is 0 Å². The molecule has 10 nitrogen and oxygen atoms in total. The number of aromatic nitrogens is 2. The lowest BCUT2D eigenvalue weighted by Crippen LogP contribution is -2.24. The second kappa shape index (κ2) is 18.0. The zero-order valence-electron chi connectivity index (χ0n) is 40.7. The molecule has 6 heterocycles. The molecule has 0 saturated heterocycles. The molecule has 6 aromatic carbocycles. The number of rotatable bonds is 8. The van der Waals surface area contributed by atoms with Gasteiger partial charge in [-0.3, -0.25) is 9.97 Å². The fourth-order valence-electron chi connectivity index (χ4n) is 11.7. The lowest BCUT2D eigenvalue weighted by Gasteiger charge is -2.36. The summed E-state index contributed by atoms with van der Waals surface area (Å²) in [5.41, 5.74) is 14.6. The standard InChI is InChI=1S/C62H54N2O8/c1-5-41-45-25-46-42(6-2)48-27-50-44(8-4)52-28-51-43(7-3)49-26-47(41)55-30-57(49)69-61(39-13-9-35(10-14-39)37-17-21-63-22-18-37)71-59(51)32-60(52)72-62(40-15-11-36(12-16-40)38-19-23-64-24-20-38)70-58(50)31-56(48)68-34-66-54(46)29-53(45)65-33-67-55/h9-32,41-44,61-62H,5-8,33-34H2,1-4H3/t41-,42+,43-,44-,61-,62+/m0/s1. The summed E-state index contributed by atoms with van der Waals surface area (Å²) in [6.07, 6.45) is 8.69. The van der Waals surface area contributed by atoms with Crippen LogP contribution < -0.4 is 37.9 Å². The van der Waals surface area contributed by atoms with Crippen LogP contribution in [0.3, 0.4) is 0 Å². The molecule has 0 unspecified atom stereocenters. The van der Waals surface area contributed by atoms with E-state index >= 15 is 0 Å². The minimum atomic E-state index is -0.844. The first-order valence-electron chi connectivity index (χ1n) is 25.4. The van der Waals surface area contributed by atoms with Crippen LogP contribution in [0.2, 0.25) is 0 Å². The zero-order valence-corrected chi connectivity index (χ0v) is 40.7. The third kappa shape index (κ3) is 7.45. The summed E-state index contributed by atoms with van der Waals surface area (Å²) in [6.45, 7) is 8.97. The molecule has 10 heteroatoms. The van der Waals surface area contributed by atoms with Gasteiger partial charge in [0, 0.05) is 128 Å². The average molecular weight is 955 g/mol. The quantitative estimate of drug-likeness (QED) is 0.146. The highest BCUT2D eigenvalue weighted by Gasteiger charge is 2.38. The minimum absolute atomic E-state index is 0.00748. The van der Waals surface area contributed by atoms with Gasteiger partial charge in [0.15, 0.2) is 0 Å². The smallest absolute Gasteiger partial charge is 0.267 e. The predicted molar refractivity (Wildman–Crippen MR) is 274 cm³/mol. The molecule has 6 atom stereocenters. The van der Waals surface area contributed by atoms with Crippen molar-refractivity contribution < 1.29 is 37.9 Å². The van der Waals surface area contributed by atoms with Crippen LogP contribution in [-0.4, -0.2) is 23.6 Å². The summed E-state index contributed by atoms with van der Waals surface area (Å²) in [5, 5.41) is 0. The van der Waals surface area contributed by atoms with Crippen molar-refractivity contribution >= 4 is 0 Å². The first-order valence-corrected chi connectivity index (χ1v) is 25.4. The van der Waals surface area contributed by atoms with Crippen LogP contribution in [-0.2, 0) is 0 Å². The topological polar surface area (TPSA) is 99.6 Å².